The summed E-state index contributed by atoms with van der Waals surface area (Å²) >= 11 is 0. The number of nitrogens with two attached hydrogens (primary N) is 1. The van der Waals surface area contributed by atoms with E-state index < -0.39 is 0 Å². The first-order valence-electron chi connectivity index (χ1n) is 8.78. The molecule has 0 amide bonds. The molecule has 1 fully saturated rings. The maximum Gasteiger partial charge on any atom is 0.196 e. The van der Waals surface area contributed by atoms with Crippen molar-refractivity contribution in [1.82, 2.24) is 4.90 Å². The van der Waals surface area contributed by atoms with Crippen LogP contribution in [-0.4, -0.2) is 36.0 Å². The first-order valence-corrected chi connectivity index (χ1v) is 8.78. The Morgan fingerprint density at radius 3 is 2.52 bits per heavy atom. The smallest absolute Gasteiger partial charge is 0.196 e. The number of hydrogen-bond donors (Lipinski definition) is 1. The molecule has 0 unspecified atom stereocenters. The molecule has 4 nitrogen and oxygen atoms in total. The van der Waals surface area contributed by atoms with Gasteiger partial charge in [0.1, 0.15) is 5.82 Å². The van der Waals surface area contributed by atoms with E-state index >= 15 is 0 Å². The van der Waals surface area contributed by atoms with Crippen molar-refractivity contribution in [3.63, 3.8) is 0 Å². The lowest BCUT2D eigenvalue weighted by molar-refractivity contribution is 0.164. The Labute approximate surface area is 147 Å². The lowest BCUT2D eigenvalue weighted by Crippen LogP contribution is -2.57. The van der Waals surface area contributed by atoms with Gasteiger partial charge in [-0.25, -0.2) is 4.39 Å². The van der Waals surface area contributed by atoms with Crippen LogP contribution in [0.5, 0.6) is 0 Å². The highest BCUT2D eigenvalue weighted by Gasteiger charge is 2.45. The predicted octanol–water partition coefficient (Wildman–Crippen LogP) is 3.00. The summed E-state index contributed by atoms with van der Waals surface area (Å²) in [7, 11) is 0. The number of hydrogen-bond acceptors (Lipinski definition) is 4. The molecule has 2 aromatic carbocycles. The summed E-state index contributed by atoms with van der Waals surface area (Å²) in [5.74, 6) is 0.260. The molecule has 25 heavy (non-hydrogen) atoms. The van der Waals surface area contributed by atoms with E-state index in [4.69, 9.17) is 5.73 Å². The quantitative estimate of drug-likeness (QED) is 0.936. The molecule has 1 saturated heterocycles. The molecule has 0 aliphatic carbocycles. The van der Waals surface area contributed by atoms with Crippen LogP contribution in [0.3, 0.4) is 0 Å². The zero-order valence-corrected chi connectivity index (χ0v) is 14.2. The van der Waals surface area contributed by atoms with Crippen molar-refractivity contribution in [2.75, 3.05) is 24.5 Å². The highest BCUT2D eigenvalue weighted by atomic mass is 19.1. The molecule has 4 rings (SSSR count). The summed E-state index contributed by atoms with van der Waals surface area (Å²) < 4.78 is 13.7. The van der Waals surface area contributed by atoms with Gasteiger partial charge in [-0.15, -0.1) is 0 Å². The van der Waals surface area contributed by atoms with E-state index in [9.17, 15) is 4.39 Å². The molecule has 130 valence electrons. The number of likely N-dealkylation sites (tertiary alicyclic amines) is 1. The van der Waals surface area contributed by atoms with Gasteiger partial charge in [0.05, 0.1) is 12.1 Å². The van der Waals surface area contributed by atoms with Crippen LogP contribution in [0.1, 0.15) is 18.4 Å². The van der Waals surface area contributed by atoms with Crippen molar-refractivity contribution in [2.24, 2.45) is 10.7 Å². The van der Waals surface area contributed by atoms with Gasteiger partial charge >= 0.3 is 0 Å². The third-order valence-corrected chi connectivity index (χ3v) is 5.34. The van der Waals surface area contributed by atoms with Gasteiger partial charge in [0.2, 0.25) is 0 Å². The second-order valence-electron chi connectivity index (χ2n) is 6.98. The maximum atomic E-state index is 13.7. The van der Waals surface area contributed by atoms with Crippen LogP contribution in [0.25, 0.3) is 0 Å². The number of piperidine rings is 1. The summed E-state index contributed by atoms with van der Waals surface area (Å²) in [6.45, 7) is 3.63. The molecule has 0 radical (unpaired) electrons. The SMILES string of the molecule is NC1=NCC2(CCN(Cc3ccccc3)CC2)N1c1cccc(F)c1. The van der Waals surface area contributed by atoms with E-state index in [2.05, 4.69) is 39.1 Å². The highest BCUT2D eigenvalue weighted by Crippen LogP contribution is 2.37. The molecule has 2 aliphatic heterocycles. The topological polar surface area (TPSA) is 44.9 Å². The number of halogens is 1. The van der Waals surface area contributed by atoms with E-state index in [1.165, 1.54) is 11.6 Å². The molecule has 2 aromatic rings. The van der Waals surface area contributed by atoms with E-state index in [1.807, 2.05) is 12.1 Å². The van der Waals surface area contributed by atoms with Crippen molar-refractivity contribution < 1.29 is 4.39 Å². The zero-order valence-electron chi connectivity index (χ0n) is 14.2. The fraction of sp³-hybridized carbons (Fsp3) is 0.350. The Kier molecular flexibility index (Phi) is 4.17. The van der Waals surface area contributed by atoms with Crippen LogP contribution >= 0.6 is 0 Å². The normalized spacial score (nSPS) is 20.0. The third-order valence-electron chi connectivity index (χ3n) is 5.34. The lowest BCUT2D eigenvalue weighted by Gasteiger charge is -2.45. The number of benzene rings is 2. The summed E-state index contributed by atoms with van der Waals surface area (Å²) in [5.41, 5.74) is 8.18. The van der Waals surface area contributed by atoms with E-state index in [0.717, 1.165) is 38.2 Å². The fourth-order valence-corrected chi connectivity index (χ4v) is 3.98. The molecule has 0 saturated carbocycles. The predicted molar refractivity (Wildman–Crippen MR) is 99.1 cm³/mol. The van der Waals surface area contributed by atoms with Crippen LogP contribution in [0.15, 0.2) is 59.6 Å². The summed E-state index contributed by atoms with van der Waals surface area (Å²) in [5, 5.41) is 0. The Bertz CT molecular complexity index is 766. The maximum absolute atomic E-state index is 13.7. The van der Waals surface area contributed by atoms with Gasteiger partial charge in [0, 0.05) is 25.3 Å². The van der Waals surface area contributed by atoms with E-state index in [0.29, 0.717) is 12.5 Å². The largest absolute Gasteiger partial charge is 0.369 e. The number of aliphatic imine (C=N–C) groups is 1. The van der Waals surface area contributed by atoms with Gasteiger partial charge in [-0.05, 0) is 36.6 Å². The van der Waals surface area contributed by atoms with Gasteiger partial charge < -0.3 is 10.6 Å². The standard InChI is InChI=1S/C20H23FN4/c21-17-7-4-8-18(13-17)25-19(22)23-15-20(25)9-11-24(12-10-20)14-16-5-2-1-3-6-16/h1-8,13H,9-12,14-15H2,(H2,22,23). The molecular weight excluding hydrogens is 315 g/mol. The molecule has 2 heterocycles. The Hall–Kier alpha value is -2.40. The fourth-order valence-electron chi connectivity index (χ4n) is 3.98. The average Bonchev–Trinajstić information content (AvgIpc) is 2.94. The van der Waals surface area contributed by atoms with Gasteiger partial charge in [0.15, 0.2) is 5.96 Å². The molecule has 0 aromatic heterocycles. The van der Waals surface area contributed by atoms with Crippen molar-refractivity contribution >= 4 is 11.6 Å². The summed E-state index contributed by atoms with van der Waals surface area (Å²) in [6, 6.07) is 17.2. The van der Waals surface area contributed by atoms with Crippen LogP contribution in [0.4, 0.5) is 10.1 Å². The second kappa shape index (κ2) is 6.48. The molecular formula is C20H23FN4. The molecule has 2 aliphatic rings. The number of anilines is 1. The van der Waals surface area contributed by atoms with E-state index in [1.54, 1.807) is 12.1 Å². The lowest BCUT2D eigenvalue weighted by atomic mass is 9.86. The second-order valence-corrected chi connectivity index (χ2v) is 6.98. The molecule has 1 spiro atoms. The van der Waals surface area contributed by atoms with Gasteiger partial charge in [0.25, 0.3) is 0 Å². The minimum atomic E-state index is -0.242. The van der Waals surface area contributed by atoms with Crippen molar-refractivity contribution in [3.8, 4) is 0 Å². The average molecular weight is 338 g/mol. The number of nitrogens with zero attached hydrogens (tertiary/aromatic N) is 3. The van der Waals surface area contributed by atoms with Gasteiger partial charge in [-0.2, -0.15) is 0 Å². The van der Waals surface area contributed by atoms with Crippen LogP contribution < -0.4 is 10.6 Å². The van der Waals surface area contributed by atoms with Crippen LogP contribution in [-0.2, 0) is 6.54 Å². The van der Waals surface area contributed by atoms with Crippen LogP contribution in [0, 0.1) is 5.82 Å². The first kappa shape index (κ1) is 16.1. The summed E-state index contributed by atoms with van der Waals surface area (Å²) in [4.78, 5) is 9.01. The molecule has 5 heteroatoms. The molecule has 0 bridgehead atoms. The van der Waals surface area contributed by atoms with Crippen molar-refractivity contribution in [3.05, 3.63) is 66.0 Å². The molecule has 2 N–H and O–H groups in total. The first-order chi connectivity index (χ1) is 12.2. The van der Waals surface area contributed by atoms with Crippen molar-refractivity contribution in [2.45, 2.75) is 24.9 Å². The minimum absolute atomic E-state index is 0.120. The number of rotatable bonds is 3. The highest BCUT2D eigenvalue weighted by molar-refractivity contribution is 5.98. The monoisotopic (exact) mass is 338 g/mol. The van der Waals surface area contributed by atoms with Crippen molar-refractivity contribution in [1.29, 1.82) is 0 Å². The van der Waals surface area contributed by atoms with Crippen LogP contribution in [0.2, 0.25) is 0 Å². The zero-order chi connectivity index (χ0) is 17.3. The minimum Gasteiger partial charge on any atom is -0.369 e. The summed E-state index contributed by atoms with van der Waals surface area (Å²) in [6.07, 6.45) is 1.95. The van der Waals surface area contributed by atoms with Gasteiger partial charge in [-0.3, -0.25) is 9.89 Å². The third kappa shape index (κ3) is 3.12. The van der Waals surface area contributed by atoms with E-state index in [-0.39, 0.29) is 11.4 Å². The Morgan fingerprint density at radius 2 is 1.80 bits per heavy atom. The Morgan fingerprint density at radius 1 is 1.04 bits per heavy atom. The number of guanidine groups is 1. The molecule has 0 atom stereocenters. The Balaban J connectivity index is 1.49. The van der Waals surface area contributed by atoms with Gasteiger partial charge in [-0.1, -0.05) is 36.4 Å².